The van der Waals surface area contributed by atoms with E-state index in [1.807, 2.05) is 18.2 Å². The zero-order valence-electron chi connectivity index (χ0n) is 8.18. The molecule has 1 aliphatic rings. The van der Waals surface area contributed by atoms with Gasteiger partial charge in [0.25, 0.3) is 0 Å². The van der Waals surface area contributed by atoms with Crippen LogP contribution in [0.1, 0.15) is 6.92 Å². The van der Waals surface area contributed by atoms with Crippen molar-refractivity contribution in [3.8, 4) is 0 Å². The quantitative estimate of drug-likeness (QED) is 0.423. The van der Waals surface area contributed by atoms with Gasteiger partial charge in [0.05, 0.1) is 13.2 Å². The molecule has 14 heavy (non-hydrogen) atoms. The van der Waals surface area contributed by atoms with Crippen molar-refractivity contribution in [1.82, 2.24) is 0 Å². The smallest absolute Gasteiger partial charge is 0.105 e. The number of hydrogen-bond donors (Lipinski definition) is 0. The van der Waals surface area contributed by atoms with Crippen LogP contribution in [0.25, 0.3) is 0 Å². The Balaban J connectivity index is 1.73. The number of rotatable bonds is 5. The molecule has 1 heterocycles. The first kappa shape index (κ1) is 10.0. The monoisotopic (exact) mass is 210 g/mol. The number of benzene rings is 1. The zero-order chi connectivity index (χ0) is 9.80. The zero-order valence-corrected chi connectivity index (χ0v) is 9.00. The summed E-state index contributed by atoms with van der Waals surface area (Å²) in [6.45, 7) is 3.66. The van der Waals surface area contributed by atoms with Crippen LogP contribution in [-0.4, -0.2) is 24.8 Å². The Hall–Kier alpha value is -0.510. The summed E-state index contributed by atoms with van der Waals surface area (Å²) in [5.74, 6) is 0. The molecule has 1 saturated heterocycles. The Morgan fingerprint density at radius 3 is 2.86 bits per heavy atom. The van der Waals surface area contributed by atoms with Crippen molar-refractivity contribution in [2.24, 2.45) is 0 Å². The molecule has 1 aromatic rings. The predicted molar refractivity (Wildman–Crippen MR) is 57.5 cm³/mol. The first-order chi connectivity index (χ1) is 6.84. The van der Waals surface area contributed by atoms with Gasteiger partial charge >= 0.3 is 0 Å². The molecule has 2 rings (SSSR count). The molecule has 2 nitrogen and oxygen atoms in total. The van der Waals surface area contributed by atoms with Crippen molar-refractivity contribution >= 4 is 11.8 Å². The van der Waals surface area contributed by atoms with Crippen molar-refractivity contribution in [2.75, 3.05) is 13.2 Å². The Bertz CT molecular complexity index is 272. The molecule has 1 aromatic carbocycles. The van der Waals surface area contributed by atoms with Gasteiger partial charge in [0, 0.05) is 4.90 Å². The molecular formula is C11H14O2S. The third kappa shape index (κ3) is 3.33. The molecule has 0 spiro atoms. The summed E-state index contributed by atoms with van der Waals surface area (Å²) >= 11 is 1.74. The second-order valence-electron chi connectivity index (χ2n) is 3.29. The van der Waals surface area contributed by atoms with E-state index in [-0.39, 0.29) is 5.44 Å². The molecule has 0 bridgehead atoms. The predicted octanol–water partition coefficient (Wildman–Crippen LogP) is 2.54. The number of ether oxygens (including phenoxy) is 2. The van der Waals surface area contributed by atoms with E-state index in [1.54, 1.807) is 11.8 Å². The minimum absolute atomic E-state index is 0.196. The molecule has 3 heteroatoms. The van der Waals surface area contributed by atoms with E-state index >= 15 is 0 Å². The Morgan fingerprint density at radius 1 is 1.50 bits per heavy atom. The second-order valence-corrected chi connectivity index (χ2v) is 4.66. The molecule has 0 aliphatic carbocycles. The standard InChI is InChI=1S/C11H14O2S/c1-9(12-7-10-8-13-10)14-11-5-3-2-4-6-11/h2-6,9-10H,7-8H2,1H3. The lowest BCUT2D eigenvalue weighted by Crippen LogP contribution is -2.08. The van der Waals surface area contributed by atoms with Gasteiger partial charge in [-0.25, -0.2) is 0 Å². The van der Waals surface area contributed by atoms with Gasteiger partial charge in [-0.1, -0.05) is 30.0 Å². The van der Waals surface area contributed by atoms with Crippen molar-refractivity contribution in [2.45, 2.75) is 23.4 Å². The molecule has 1 aliphatic heterocycles. The number of hydrogen-bond acceptors (Lipinski definition) is 3. The topological polar surface area (TPSA) is 21.8 Å². The van der Waals surface area contributed by atoms with Crippen LogP contribution in [0.2, 0.25) is 0 Å². The summed E-state index contributed by atoms with van der Waals surface area (Å²) in [4.78, 5) is 1.25. The van der Waals surface area contributed by atoms with E-state index in [0.29, 0.717) is 6.10 Å². The molecule has 0 N–H and O–H groups in total. The Morgan fingerprint density at radius 2 is 2.21 bits per heavy atom. The highest BCUT2D eigenvalue weighted by atomic mass is 32.2. The lowest BCUT2D eigenvalue weighted by Gasteiger charge is -2.11. The largest absolute Gasteiger partial charge is 0.371 e. The van der Waals surface area contributed by atoms with Crippen molar-refractivity contribution in [1.29, 1.82) is 0 Å². The molecule has 0 amide bonds. The van der Waals surface area contributed by atoms with Crippen LogP contribution in [-0.2, 0) is 9.47 Å². The van der Waals surface area contributed by atoms with Crippen LogP contribution in [0.15, 0.2) is 35.2 Å². The van der Waals surface area contributed by atoms with Crippen LogP contribution < -0.4 is 0 Å². The minimum atomic E-state index is 0.196. The summed E-state index contributed by atoms with van der Waals surface area (Å²) in [5.41, 5.74) is 0.196. The van der Waals surface area contributed by atoms with Crippen LogP contribution in [0.3, 0.4) is 0 Å². The maximum Gasteiger partial charge on any atom is 0.105 e. The van der Waals surface area contributed by atoms with Crippen LogP contribution >= 0.6 is 11.8 Å². The van der Waals surface area contributed by atoms with Gasteiger partial charge in [0.15, 0.2) is 0 Å². The summed E-state index contributed by atoms with van der Waals surface area (Å²) in [5, 5.41) is 0. The normalized spacial score (nSPS) is 21.9. The van der Waals surface area contributed by atoms with E-state index < -0.39 is 0 Å². The van der Waals surface area contributed by atoms with E-state index in [9.17, 15) is 0 Å². The summed E-state index contributed by atoms with van der Waals surface area (Å²) in [6, 6.07) is 10.3. The van der Waals surface area contributed by atoms with Crippen molar-refractivity contribution in [3.05, 3.63) is 30.3 Å². The maximum absolute atomic E-state index is 5.61. The van der Waals surface area contributed by atoms with Crippen LogP contribution in [0.5, 0.6) is 0 Å². The molecular weight excluding hydrogens is 196 g/mol. The summed E-state index contributed by atoms with van der Waals surface area (Å²) in [6.07, 6.45) is 0.355. The summed E-state index contributed by atoms with van der Waals surface area (Å²) in [7, 11) is 0. The lowest BCUT2D eigenvalue weighted by molar-refractivity contribution is 0.107. The average Bonchev–Trinajstić information content (AvgIpc) is 3.00. The van der Waals surface area contributed by atoms with Crippen molar-refractivity contribution in [3.63, 3.8) is 0 Å². The number of epoxide rings is 1. The molecule has 1 fully saturated rings. The highest BCUT2D eigenvalue weighted by Crippen LogP contribution is 2.24. The van der Waals surface area contributed by atoms with Crippen LogP contribution in [0.4, 0.5) is 0 Å². The number of thioether (sulfide) groups is 1. The first-order valence-electron chi connectivity index (χ1n) is 4.79. The molecule has 76 valence electrons. The van der Waals surface area contributed by atoms with Gasteiger partial charge in [0.1, 0.15) is 11.5 Å². The van der Waals surface area contributed by atoms with E-state index in [1.165, 1.54) is 4.90 Å². The molecule has 0 aromatic heterocycles. The van der Waals surface area contributed by atoms with E-state index in [0.717, 1.165) is 13.2 Å². The van der Waals surface area contributed by atoms with Crippen molar-refractivity contribution < 1.29 is 9.47 Å². The molecule has 2 atom stereocenters. The fraction of sp³-hybridized carbons (Fsp3) is 0.455. The van der Waals surface area contributed by atoms with Gasteiger partial charge in [-0.3, -0.25) is 0 Å². The lowest BCUT2D eigenvalue weighted by atomic mass is 10.4. The Kier molecular flexibility index (Phi) is 3.45. The first-order valence-corrected chi connectivity index (χ1v) is 5.67. The van der Waals surface area contributed by atoms with Gasteiger partial charge in [-0.2, -0.15) is 0 Å². The SMILES string of the molecule is CC(OCC1CO1)Sc1ccccc1. The second kappa shape index (κ2) is 4.82. The maximum atomic E-state index is 5.61. The fourth-order valence-electron chi connectivity index (χ4n) is 1.13. The van der Waals surface area contributed by atoms with Gasteiger partial charge < -0.3 is 9.47 Å². The summed E-state index contributed by atoms with van der Waals surface area (Å²) < 4.78 is 10.7. The average molecular weight is 210 g/mol. The third-order valence-electron chi connectivity index (χ3n) is 1.96. The van der Waals surface area contributed by atoms with Crippen LogP contribution in [0, 0.1) is 0 Å². The third-order valence-corrected chi connectivity index (χ3v) is 2.98. The molecule has 0 saturated carbocycles. The molecule has 2 unspecified atom stereocenters. The van der Waals surface area contributed by atoms with E-state index in [4.69, 9.17) is 9.47 Å². The Labute approximate surface area is 88.6 Å². The highest BCUT2D eigenvalue weighted by molar-refractivity contribution is 7.99. The van der Waals surface area contributed by atoms with Gasteiger partial charge in [0.2, 0.25) is 0 Å². The highest BCUT2D eigenvalue weighted by Gasteiger charge is 2.23. The fourth-order valence-corrected chi connectivity index (χ4v) is 1.98. The van der Waals surface area contributed by atoms with Gasteiger partial charge in [-0.05, 0) is 19.1 Å². The van der Waals surface area contributed by atoms with Gasteiger partial charge in [-0.15, -0.1) is 0 Å². The molecule has 0 radical (unpaired) electrons. The minimum Gasteiger partial charge on any atom is -0.371 e. The van der Waals surface area contributed by atoms with E-state index in [2.05, 4.69) is 19.1 Å².